The molecule has 1 aromatic carbocycles. The second-order valence-electron chi connectivity index (χ2n) is 3.69. The van der Waals surface area contributed by atoms with E-state index in [1.165, 1.54) is 7.11 Å². The lowest BCUT2D eigenvalue weighted by Crippen LogP contribution is -2.26. The molecular weight excluding hydrogens is 286 g/mol. The summed E-state index contributed by atoms with van der Waals surface area (Å²) < 4.78 is 4.95. The summed E-state index contributed by atoms with van der Waals surface area (Å²) in [6, 6.07) is 5.13. The van der Waals surface area contributed by atoms with Crippen LogP contribution in [0, 0.1) is 0 Å². The van der Waals surface area contributed by atoms with Crippen LogP contribution < -0.4 is 4.74 Å². The normalized spacial score (nSPS) is 10.1. The van der Waals surface area contributed by atoms with E-state index in [1.54, 1.807) is 24.1 Å². The van der Waals surface area contributed by atoms with Gasteiger partial charge in [0.1, 0.15) is 0 Å². The van der Waals surface area contributed by atoms with E-state index in [4.69, 9.17) is 4.74 Å². The van der Waals surface area contributed by atoms with E-state index in [0.717, 1.165) is 5.56 Å². The molecule has 94 valence electrons. The van der Waals surface area contributed by atoms with Gasteiger partial charge in [0.2, 0.25) is 5.91 Å². The fraction of sp³-hybridized carbons (Fsp3) is 0.417. The van der Waals surface area contributed by atoms with Crippen molar-refractivity contribution in [2.75, 3.05) is 19.5 Å². The number of hydrogen-bond acceptors (Lipinski definition) is 3. The number of amides is 1. The first-order valence-electron chi connectivity index (χ1n) is 5.24. The number of benzene rings is 1. The van der Waals surface area contributed by atoms with E-state index in [1.807, 2.05) is 6.07 Å². The van der Waals surface area contributed by atoms with Crippen LogP contribution in [0.1, 0.15) is 12.0 Å². The zero-order valence-electron chi connectivity index (χ0n) is 9.94. The van der Waals surface area contributed by atoms with Crippen LogP contribution >= 0.6 is 15.9 Å². The molecule has 0 spiro atoms. The predicted octanol–water partition coefficient (Wildman–Crippen LogP) is 2.14. The molecule has 0 radical (unpaired) electrons. The van der Waals surface area contributed by atoms with Crippen LogP contribution in [-0.4, -0.2) is 35.4 Å². The summed E-state index contributed by atoms with van der Waals surface area (Å²) in [6.45, 7) is 0.476. The molecule has 1 rings (SSSR count). The highest BCUT2D eigenvalue weighted by Gasteiger charge is 2.09. The number of nitrogens with zero attached hydrogens (tertiary/aromatic N) is 1. The van der Waals surface area contributed by atoms with Crippen molar-refractivity contribution in [3.63, 3.8) is 0 Å². The maximum absolute atomic E-state index is 11.6. The summed E-state index contributed by atoms with van der Waals surface area (Å²) in [5.74, 6) is 0.590. The molecule has 0 saturated heterocycles. The van der Waals surface area contributed by atoms with Gasteiger partial charge in [-0.25, -0.2) is 0 Å². The number of phenols is 1. The molecule has 0 aliphatic heterocycles. The molecule has 0 fully saturated rings. The van der Waals surface area contributed by atoms with Crippen molar-refractivity contribution in [1.82, 2.24) is 4.90 Å². The lowest BCUT2D eigenvalue weighted by atomic mass is 10.2. The van der Waals surface area contributed by atoms with Crippen molar-refractivity contribution in [2.24, 2.45) is 0 Å². The molecule has 0 aromatic heterocycles. The first-order valence-corrected chi connectivity index (χ1v) is 6.36. The number of rotatable bonds is 5. The van der Waals surface area contributed by atoms with Gasteiger partial charge in [-0.2, -0.15) is 0 Å². The monoisotopic (exact) mass is 301 g/mol. The van der Waals surface area contributed by atoms with Crippen LogP contribution in [0.25, 0.3) is 0 Å². The summed E-state index contributed by atoms with van der Waals surface area (Å²) >= 11 is 3.23. The Hall–Kier alpha value is -1.23. The molecule has 0 unspecified atom stereocenters. The minimum absolute atomic E-state index is 0.0668. The third kappa shape index (κ3) is 3.93. The van der Waals surface area contributed by atoms with Crippen LogP contribution in [0.3, 0.4) is 0 Å². The Kier molecular flexibility index (Phi) is 5.28. The van der Waals surface area contributed by atoms with E-state index < -0.39 is 0 Å². The molecule has 17 heavy (non-hydrogen) atoms. The van der Waals surface area contributed by atoms with Crippen molar-refractivity contribution in [3.05, 3.63) is 23.8 Å². The number of aromatic hydroxyl groups is 1. The SMILES string of the molecule is COc1ccc(CN(C)C(=O)CCBr)cc1O. The third-order valence-corrected chi connectivity index (χ3v) is 2.79. The Labute approximate surface area is 109 Å². The van der Waals surface area contributed by atoms with Gasteiger partial charge in [-0.1, -0.05) is 22.0 Å². The lowest BCUT2D eigenvalue weighted by molar-refractivity contribution is -0.129. The summed E-state index contributed by atoms with van der Waals surface area (Å²) in [6.07, 6.45) is 0.471. The molecule has 0 heterocycles. The zero-order chi connectivity index (χ0) is 12.8. The fourth-order valence-corrected chi connectivity index (χ4v) is 1.81. The van der Waals surface area contributed by atoms with Crippen LogP contribution in [-0.2, 0) is 11.3 Å². The van der Waals surface area contributed by atoms with E-state index in [0.29, 0.717) is 24.0 Å². The molecule has 1 N–H and O–H groups in total. The number of methoxy groups -OCH3 is 1. The van der Waals surface area contributed by atoms with Crippen molar-refractivity contribution < 1.29 is 14.6 Å². The molecule has 0 bridgehead atoms. The number of hydrogen-bond donors (Lipinski definition) is 1. The van der Waals surface area contributed by atoms with Gasteiger partial charge in [-0.05, 0) is 17.7 Å². The standard InChI is InChI=1S/C12H16BrNO3/c1-14(12(16)5-6-13)8-9-3-4-11(17-2)10(15)7-9/h3-4,7,15H,5-6,8H2,1-2H3. The molecule has 1 amide bonds. The van der Waals surface area contributed by atoms with Crippen molar-refractivity contribution in [1.29, 1.82) is 0 Å². The van der Waals surface area contributed by atoms with Gasteiger partial charge in [0, 0.05) is 25.3 Å². The van der Waals surface area contributed by atoms with Gasteiger partial charge >= 0.3 is 0 Å². The average molecular weight is 302 g/mol. The molecule has 0 aliphatic carbocycles. The van der Waals surface area contributed by atoms with Gasteiger partial charge in [-0.3, -0.25) is 4.79 Å². The summed E-state index contributed by atoms with van der Waals surface area (Å²) in [7, 11) is 3.24. The molecule has 5 heteroatoms. The second-order valence-corrected chi connectivity index (χ2v) is 4.49. The van der Waals surface area contributed by atoms with Gasteiger partial charge in [0.05, 0.1) is 7.11 Å². The maximum atomic E-state index is 11.6. The maximum Gasteiger partial charge on any atom is 0.223 e. The highest BCUT2D eigenvalue weighted by atomic mass is 79.9. The first kappa shape index (κ1) is 13.8. The summed E-state index contributed by atoms with van der Waals surface area (Å²) in [5, 5.41) is 10.3. The van der Waals surface area contributed by atoms with E-state index >= 15 is 0 Å². The minimum atomic E-state index is 0.0668. The number of carbonyl (C=O) groups is 1. The molecule has 4 nitrogen and oxygen atoms in total. The van der Waals surface area contributed by atoms with Crippen LogP contribution in [0.4, 0.5) is 0 Å². The topological polar surface area (TPSA) is 49.8 Å². The number of alkyl halides is 1. The number of halogens is 1. The number of ether oxygens (including phenoxy) is 1. The van der Waals surface area contributed by atoms with E-state index in [2.05, 4.69) is 15.9 Å². The largest absolute Gasteiger partial charge is 0.504 e. The van der Waals surface area contributed by atoms with E-state index in [-0.39, 0.29) is 11.7 Å². The van der Waals surface area contributed by atoms with Crippen molar-refractivity contribution in [2.45, 2.75) is 13.0 Å². The lowest BCUT2D eigenvalue weighted by Gasteiger charge is -2.17. The molecule has 1 aromatic rings. The first-order chi connectivity index (χ1) is 8.08. The van der Waals surface area contributed by atoms with Crippen molar-refractivity contribution in [3.8, 4) is 11.5 Å². The van der Waals surface area contributed by atoms with Crippen LogP contribution in [0.5, 0.6) is 11.5 Å². The molecule has 0 aliphatic rings. The smallest absolute Gasteiger partial charge is 0.223 e. The minimum Gasteiger partial charge on any atom is -0.504 e. The number of phenolic OH excluding ortho intramolecular Hbond substituents is 1. The predicted molar refractivity (Wildman–Crippen MR) is 69.5 cm³/mol. The summed E-state index contributed by atoms with van der Waals surface area (Å²) in [5.41, 5.74) is 0.869. The molecule has 0 saturated carbocycles. The zero-order valence-corrected chi connectivity index (χ0v) is 11.5. The Balaban J connectivity index is 2.68. The molecule has 0 atom stereocenters. The number of carbonyl (C=O) groups excluding carboxylic acids is 1. The van der Waals surface area contributed by atoms with Gasteiger partial charge < -0.3 is 14.7 Å². The Morgan fingerprint density at radius 1 is 1.53 bits per heavy atom. The summed E-state index contributed by atoms with van der Waals surface area (Å²) in [4.78, 5) is 13.2. The Bertz CT molecular complexity index is 395. The average Bonchev–Trinajstić information content (AvgIpc) is 2.29. The molecular formula is C12H16BrNO3. The second kappa shape index (κ2) is 6.49. The highest BCUT2D eigenvalue weighted by Crippen LogP contribution is 2.26. The van der Waals surface area contributed by atoms with Crippen molar-refractivity contribution >= 4 is 21.8 Å². The fourth-order valence-electron chi connectivity index (χ4n) is 1.47. The van der Waals surface area contributed by atoms with Gasteiger partial charge in [0.25, 0.3) is 0 Å². The van der Waals surface area contributed by atoms with Crippen LogP contribution in [0.2, 0.25) is 0 Å². The Morgan fingerprint density at radius 3 is 2.76 bits per heavy atom. The van der Waals surface area contributed by atoms with Gasteiger partial charge in [-0.15, -0.1) is 0 Å². The highest BCUT2D eigenvalue weighted by molar-refractivity contribution is 9.09. The third-order valence-electron chi connectivity index (χ3n) is 2.40. The quantitative estimate of drug-likeness (QED) is 0.848. The van der Waals surface area contributed by atoms with Gasteiger partial charge in [0.15, 0.2) is 11.5 Å². The van der Waals surface area contributed by atoms with Crippen LogP contribution in [0.15, 0.2) is 18.2 Å². The van der Waals surface area contributed by atoms with E-state index in [9.17, 15) is 9.90 Å². The Morgan fingerprint density at radius 2 is 2.24 bits per heavy atom.